The van der Waals surface area contributed by atoms with Gasteiger partial charge < -0.3 is 10.5 Å². The van der Waals surface area contributed by atoms with E-state index < -0.39 is 11.5 Å². The molecule has 0 saturated carbocycles. The van der Waals surface area contributed by atoms with Crippen LogP contribution in [0.25, 0.3) is 11.1 Å². The maximum Gasteiger partial charge on any atom is 0.221 e. The summed E-state index contributed by atoms with van der Waals surface area (Å²) in [6, 6.07) is 20.7. The zero-order valence-electron chi connectivity index (χ0n) is 19.6. The number of hydrogen-bond donors (Lipinski definition) is 1. The molecule has 1 atom stereocenters. The fraction of sp³-hybridized carbons (Fsp3) is 0.286. The van der Waals surface area contributed by atoms with E-state index in [1.165, 1.54) is 42.9 Å². The molecule has 0 fully saturated rings. The lowest BCUT2D eigenvalue weighted by atomic mass is 9.92. The van der Waals surface area contributed by atoms with Crippen molar-refractivity contribution in [1.29, 1.82) is 5.26 Å². The van der Waals surface area contributed by atoms with Gasteiger partial charge in [-0.15, -0.1) is 0 Å². The van der Waals surface area contributed by atoms with Gasteiger partial charge >= 0.3 is 0 Å². The highest BCUT2D eigenvalue weighted by Gasteiger charge is 2.45. The number of fused-ring (bicyclic) bond motifs is 3. The number of nitriles is 1. The van der Waals surface area contributed by atoms with Crippen LogP contribution in [0, 0.1) is 17.1 Å². The zero-order chi connectivity index (χ0) is 24.4. The molecular formula is C28H27FN4O2. The van der Waals surface area contributed by atoms with Crippen molar-refractivity contribution < 1.29 is 14.0 Å². The normalized spacial score (nSPS) is 20.0. The fourth-order valence-corrected chi connectivity index (χ4v) is 4.80. The van der Waals surface area contributed by atoms with Crippen molar-refractivity contribution in [2.45, 2.75) is 37.8 Å². The first-order valence-corrected chi connectivity index (χ1v) is 11.8. The van der Waals surface area contributed by atoms with Gasteiger partial charge in [0.05, 0.1) is 17.7 Å². The van der Waals surface area contributed by atoms with Gasteiger partial charge in [0.2, 0.25) is 11.7 Å². The maximum atomic E-state index is 13.6. The Morgan fingerprint density at radius 1 is 1.03 bits per heavy atom. The van der Waals surface area contributed by atoms with E-state index in [4.69, 9.17) is 20.6 Å². The Morgan fingerprint density at radius 2 is 1.71 bits per heavy atom. The number of aryl methyl sites for hydroxylation is 2. The number of ether oxygens (including phenoxy) is 1. The van der Waals surface area contributed by atoms with Gasteiger partial charge in [0.15, 0.2) is 0 Å². The molecule has 3 aromatic rings. The molecule has 6 rings (SSSR count). The highest BCUT2D eigenvalue weighted by molar-refractivity contribution is 5.79. The number of aliphatic imine (C=N–C) groups is 1. The van der Waals surface area contributed by atoms with E-state index in [2.05, 4.69) is 29.3 Å². The first-order chi connectivity index (χ1) is 17.0. The summed E-state index contributed by atoms with van der Waals surface area (Å²) in [5, 5.41) is 10.5. The lowest BCUT2D eigenvalue weighted by molar-refractivity contribution is -0.183. The smallest absolute Gasteiger partial charge is 0.221 e. The van der Waals surface area contributed by atoms with E-state index in [0.29, 0.717) is 24.7 Å². The lowest BCUT2D eigenvalue weighted by Gasteiger charge is -2.32. The average Bonchev–Trinajstić information content (AvgIpc) is 3.18. The molecule has 0 amide bonds. The minimum Gasteiger partial charge on any atom is -0.493 e. The largest absolute Gasteiger partial charge is 0.493 e. The molecule has 2 heterocycles. The van der Waals surface area contributed by atoms with Gasteiger partial charge in [0, 0.05) is 13.5 Å². The molecule has 2 aliphatic heterocycles. The second kappa shape index (κ2) is 9.40. The monoisotopic (exact) mass is 470 g/mol. The number of halogens is 1. The molecule has 0 saturated heterocycles. The summed E-state index contributed by atoms with van der Waals surface area (Å²) in [7, 11) is 1.70. The molecule has 178 valence electrons. The fourth-order valence-electron chi connectivity index (χ4n) is 4.80. The van der Waals surface area contributed by atoms with Crippen LogP contribution in [0.1, 0.15) is 41.5 Å². The SMILES string of the molecule is CN1OC2(CCOc3ccc(-c4ccc(F)c(C#N)c4)cc32)N=C1N.c1ccc2c(c1)CCCC2. The molecule has 1 unspecified atom stereocenters. The van der Waals surface area contributed by atoms with Crippen molar-refractivity contribution in [3.63, 3.8) is 0 Å². The van der Waals surface area contributed by atoms with Crippen molar-refractivity contribution >= 4 is 5.96 Å². The van der Waals surface area contributed by atoms with Gasteiger partial charge in [-0.2, -0.15) is 5.26 Å². The highest BCUT2D eigenvalue weighted by Crippen LogP contribution is 2.45. The quantitative estimate of drug-likeness (QED) is 0.538. The first-order valence-electron chi connectivity index (χ1n) is 11.8. The lowest BCUT2D eigenvalue weighted by Crippen LogP contribution is -2.35. The molecular weight excluding hydrogens is 443 g/mol. The molecule has 7 heteroatoms. The van der Waals surface area contributed by atoms with E-state index in [9.17, 15) is 4.39 Å². The third-order valence-electron chi connectivity index (χ3n) is 6.69. The van der Waals surface area contributed by atoms with Gasteiger partial charge in [-0.1, -0.05) is 36.4 Å². The minimum atomic E-state index is -0.916. The maximum absolute atomic E-state index is 13.6. The Balaban J connectivity index is 0.000000211. The van der Waals surface area contributed by atoms with Gasteiger partial charge in [-0.05, 0) is 72.2 Å². The molecule has 1 spiro atoms. The number of nitrogens with zero attached hydrogens (tertiary/aromatic N) is 3. The third kappa shape index (κ3) is 4.45. The van der Waals surface area contributed by atoms with Crippen LogP contribution >= 0.6 is 0 Å². The molecule has 0 bridgehead atoms. The Hall–Kier alpha value is -3.89. The number of hydroxylamine groups is 2. The van der Waals surface area contributed by atoms with Gasteiger partial charge in [0.1, 0.15) is 17.6 Å². The van der Waals surface area contributed by atoms with E-state index in [-0.39, 0.29) is 5.56 Å². The van der Waals surface area contributed by atoms with Crippen LogP contribution in [-0.2, 0) is 23.4 Å². The van der Waals surface area contributed by atoms with Crippen LogP contribution in [0.15, 0.2) is 65.7 Å². The van der Waals surface area contributed by atoms with E-state index >= 15 is 0 Å². The third-order valence-corrected chi connectivity index (χ3v) is 6.69. The summed E-state index contributed by atoms with van der Waals surface area (Å²) < 4.78 is 19.3. The number of guanidine groups is 1. The number of benzene rings is 3. The Bertz CT molecular complexity index is 1310. The highest BCUT2D eigenvalue weighted by atomic mass is 19.1. The van der Waals surface area contributed by atoms with E-state index in [0.717, 1.165) is 16.7 Å². The second-order valence-corrected chi connectivity index (χ2v) is 8.93. The zero-order valence-corrected chi connectivity index (χ0v) is 19.6. The predicted octanol–water partition coefficient (Wildman–Crippen LogP) is 5.06. The van der Waals surface area contributed by atoms with Crippen molar-refractivity contribution in [2.75, 3.05) is 13.7 Å². The summed E-state index contributed by atoms with van der Waals surface area (Å²) in [4.78, 5) is 10.4. The average molecular weight is 471 g/mol. The standard InChI is InChI=1S/C18H15FN4O2.C10H12/c1-23-17(21)22-18(25-23)6-7-24-16-5-3-12(9-14(16)18)11-2-4-15(19)13(8-11)10-20;1-2-6-10-8-4-3-7-9(10)5-1/h2-5,8-9H,6-7H2,1H3,(H2,21,22);1-2,5-6H,3-4,7-8H2. The molecule has 35 heavy (non-hydrogen) atoms. The second-order valence-electron chi connectivity index (χ2n) is 8.93. The van der Waals surface area contributed by atoms with Crippen molar-refractivity contribution in [3.05, 3.63) is 88.7 Å². The summed E-state index contributed by atoms with van der Waals surface area (Å²) in [6.07, 6.45) is 5.90. The number of hydrogen-bond acceptors (Lipinski definition) is 6. The molecule has 2 N–H and O–H groups in total. The summed E-state index contributed by atoms with van der Waals surface area (Å²) in [5.74, 6) is 0.429. The van der Waals surface area contributed by atoms with Crippen LogP contribution in [0.2, 0.25) is 0 Å². The van der Waals surface area contributed by atoms with Crippen LogP contribution in [0.5, 0.6) is 5.75 Å². The van der Waals surface area contributed by atoms with E-state index in [1.807, 2.05) is 24.3 Å². The summed E-state index contributed by atoms with van der Waals surface area (Å²) >= 11 is 0. The molecule has 1 aliphatic carbocycles. The van der Waals surface area contributed by atoms with Gasteiger partial charge in [-0.3, -0.25) is 0 Å². The molecule has 6 nitrogen and oxygen atoms in total. The predicted molar refractivity (Wildman–Crippen MR) is 132 cm³/mol. The van der Waals surface area contributed by atoms with Gasteiger partial charge in [-0.25, -0.2) is 19.3 Å². The van der Waals surface area contributed by atoms with Crippen LogP contribution in [-0.4, -0.2) is 24.7 Å². The Morgan fingerprint density at radius 3 is 2.37 bits per heavy atom. The Kier molecular flexibility index (Phi) is 6.14. The minimum absolute atomic E-state index is 0.000277. The molecule has 0 radical (unpaired) electrons. The number of nitrogens with two attached hydrogens (primary N) is 1. The van der Waals surface area contributed by atoms with Crippen molar-refractivity contribution in [3.8, 4) is 22.9 Å². The van der Waals surface area contributed by atoms with Crippen LogP contribution in [0.4, 0.5) is 4.39 Å². The first kappa shape index (κ1) is 22.9. The van der Waals surface area contributed by atoms with Crippen molar-refractivity contribution in [2.24, 2.45) is 10.7 Å². The summed E-state index contributed by atoms with van der Waals surface area (Å²) in [5.41, 5.74) is 10.4. The van der Waals surface area contributed by atoms with Gasteiger partial charge in [0.25, 0.3) is 0 Å². The number of rotatable bonds is 1. The topological polar surface area (TPSA) is 83.9 Å². The van der Waals surface area contributed by atoms with E-state index in [1.54, 1.807) is 24.2 Å². The van der Waals surface area contributed by atoms with Crippen molar-refractivity contribution in [1.82, 2.24) is 5.06 Å². The summed E-state index contributed by atoms with van der Waals surface area (Å²) in [6.45, 7) is 0.464. The van der Waals surface area contributed by atoms with Crippen LogP contribution in [0.3, 0.4) is 0 Å². The Labute approximate surface area is 204 Å². The van der Waals surface area contributed by atoms with Crippen LogP contribution < -0.4 is 10.5 Å². The molecule has 3 aliphatic rings. The molecule has 3 aromatic carbocycles. The molecule has 0 aromatic heterocycles.